The Bertz CT molecular complexity index is 602. The highest BCUT2D eigenvalue weighted by Crippen LogP contribution is 2.25. The van der Waals surface area contributed by atoms with E-state index in [1.165, 1.54) is 0 Å². The molecular formula is C14H18Cl2N4. The lowest BCUT2D eigenvalue weighted by Crippen LogP contribution is -2.50. The molecule has 0 amide bonds. The summed E-state index contributed by atoms with van der Waals surface area (Å²) < 4.78 is 2.17. The summed E-state index contributed by atoms with van der Waals surface area (Å²) in [6.07, 6.45) is 0.749. The molecule has 1 aromatic carbocycles. The van der Waals surface area contributed by atoms with Crippen LogP contribution in [-0.4, -0.2) is 53.7 Å². The largest absolute Gasteiger partial charge is 0.308 e. The molecular weight excluding hydrogens is 295 g/mol. The van der Waals surface area contributed by atoms with Gasteiger partial charge in [-0.2, -0.15) is 0 Å². The average Bonchev–Trinajstić information content (AvgIpc) is 2.80. The van der Waals surface area contributed by atoms with E-state index < -0.39 is 0 Å². The Morgan fingerprint density at radius 2 is 1.95 bits per heavy atom. The number of benzene rings is 1. The first-order chi connectivity index (χ1) is 9.70. The number of hydrogen-bond donors (Lipinski definition) is 0. The Morgan fingerprint density at radius 1 is 1.20 bits per heavy atom. The van der Waals surface area contributed by atoms with Crippen molar-refractivity contribution in [1.29, 1.82) is 0 Å². The molecule has 2 aromatic rings. The Morgan fingerprint density at radius 3 is 2.65 bits per heavy atom. The number of aromatic nitrogens is 2. The van der Waals surface area contributed by atoms with Crippen LogP contribution < -0.4 is 5.01 Å². The van der Waals surface area contributed by atoms with Crippen LogP contribution in [0.15, 0.2) is 18.2 Å². The molecule has 0 saturated carbocycles. The van der Waals surface area contributed by atoms with Gasteiger partial charge >= 0.3 is 0 Å². The zero-order chi connectivity index (χ0) is 14.1. The SMILES string of the molecule is CN1CCN(n2c(CCCl)nc3cccc(Cl)c32)CC1. The fourth-order valence-corrected chi connectivity index (χ4v) is 3.08. The lowest BCUT2D eigenvalue weighted by molar-refractivity contribution is 0.287. The third-order valence-electron chi connectivity index (χ3n) is 3.75. The number of rotatable bonds is 3. The van der Waals surface area contributed by atoms with E-state index in [4.69, 9.17) is 28.2 Å². The van der Waals surface area contributed by atoms with Crippen LogP contribution in [0.4, 0.5) is 0 Å². The predicted molar refractivity (Wildman–Crippen MR) is 84.6 cm³/mol. The van der Waals surface area contributed by atoms with Gasteiger partial charge in [-0.1, -0.05) is 17.7 Å². The summed E-state index contributed by atoms with van der Waals surface area (Å²) in [5, 5.41) is 3.07. The molecule has 0 radical (unpaired) electrons. The molecule has 0 atom stereocenters. The van der Waals surface area contributed by atoms with Crippen LogP contribution >= 0.6 is 23.2 Å². The molecule has 0 unspecified atom stereocenters. The normalized spacial score (nSPS) is 17.1. The number of nitrogens with zero attached hydrogens (tertiary/aromatic N) is 4. The monoisotopic (exact) mass is 312 g/mol. The van der Waals surface area contributed by atoms with Crippen molar-refractivity contribution in [3.63, 3.8) is 0 Å². The quantitative estimate of drug-likeness (QED) is 0.813. The predicted octanol–water partition coefficient (Wildman–Crippen LogP) is 2.35. The van der Waals surface area contributed by atoms with Gasteiger partial charge in [0.2, 0.25) is 0 Å². The lowest BCUT2D eigenvalue weighted by Gasteiger charge is -2.35. The molecule has 1 aliphatic rings. The number of halogens is 2. The van der Waals surface area contributed by atoms with Gasteiger partial charge in [-0.05, 0) is 19.2 Å². The molecule has 3 rings (SSSR count). The smallest absolute Gasteiger partial charge is 0.130 e. The molecule has 0 bridgehead atoms. The molecule has 1 aromatic heterocycles. The number of fused-ring (bicyclic) bond motifs is 1. The molecule has 1 fully saturated rings. The highest BCUT2D eigenvalue weighted by atomic mass is 35.5. The van der Waals surface area contributed by atoms with Gasteiger partial charge in [-0.25, -0.2) is 9.66 Å². The molecule has 2 heterocycles. The Kier molecular flexibility index (Phi) is 4.06. The summed E-state index contributed by atoms with van der Waals surface area (Å²) in [7, 11) is 2.15. The van der Waals surface area contributed by atoms with Crippen LogP contribution in [0.25, 0.3) is 11.0 Å². The summed E-state index contributed by atoms with van der Waals surface area (Å²) in [6, 6.07) is 5.87. The van der Waals surface area contributed by atoms with Crippen molar-refractivity contribution in [1.82, 2.24) is 14.6 Å². The maximum absolute atomic E-state index is 6.39. The number of aryl methyl sites for hydroxylation is 1. The first-order valence-electron chi connectivity index (χ1n) is 6.86. The number of likely N-dealkylation sites (N-methyl/N-ethyl adjacent to an activating group) is 1. The topological polar surface area (TPSA) is 24.3 Å². The van der Waals surface area contributed by atoms with Crippen molar-refractivity contribution in [3.05, 3.63) is 29.0 Å². The van der Waals surface area contributed by atoms with Crippen molar-refractivity contribution in [2.45, 2.75) is 6.42 Å². The highest BCUT2D eigenvalue weighted by Gasteiger charge is 2.21. The number of alkyl halides is 1. The average molecular weight is 313 g/mol. The number of piperazine rings is 1. The second kappa shape index (κ2) is 5.80. The Labute approximate surface area is 128 Å². The van der Waals surface area contributed by atoms with E-state index in [0.717, 1.165) is 54.5 Å². The number of imidazole rings is 1. The molecule has 6 heteroatoms. The maximum Gasteiger partial charge on any atom is 0.130 e. The van der Waals surface area contributed by atoms with Crippen molar-refractivity contribution < 1.29 is 0 Å². The fraction of sp³-hybridized carbons (Fsp3) is 0.500. The highest BCUT2D eigenvalue weighted by molar-refractivity contribution is 6.35. The number of hydrogen-bond acceptors (Lipinski definition) is 3. The molecule has 0 spiro atoms. The number of para-hydroxylation sites is 1. The summed E-state index contributed by atoms with van der Waals surface area (Å²) in [4.78, 5) is 7.03. The van der Waals surface area contributed by atoms with Crippen molar-refractivity contribution in [2.24, 2.45) is 0 Å². The van der Waals surface area contributed by atoms with Crippen LogP contribution in [0, 0.1) is 0 Å². The van der Waals surface area contributed by atoms with E-state index >= 15 is 0 Å². The second-order valence-electron chi connectivity index (χ2n) is 5.14. The van der Waals surface area contributed by atoms with Gasteiger partial charge in [0.1, 0.15) is 11.3 Å². The van der Waals surface area contributed by atoms with E-state index in [0.29, 0.717) is 5.88 Å². The van der Waals surface area contributed by atoms with Crippen molar-refractivity contribution >= 4 is 34.2 Å². The first-order valence-corrected chi connectivity index (χ1v) is 7.77. The molecule has 1 aliphatic heterocycles. The molecule has 0 N–H and O–H groups in total. The van der Waals surface area contributed by atoms with Crippen LogP contribution in [0.3, 0.4) is 0 Å². The van der Waals surface area contributed by atoms with Gasteiger partial charge in [0.15, 0.2) is 0 Å². The van der Waals surface area contributed by atoms with E-state index in [1.54, 1.807) is 0 Å². The van der Waals surface area contributed by atoms with Crippen LogP contribution in [0.2, 0.25) is 5.02 Å². The third-order valence-corrected chi connectivity index (χ3v) is 4.25. The molecule has 108 valence electrons. The standard InChI is InChI=1S/C14H18Cl2N4/c1-18-7-9-19(10-8-18)20-13(5-6-15)17-12-4-2-3-11(16)14(12)20/h2-4H,5-10H2,1H3. The molecule has 4 nitrogen and oxygen atoms in total. The van der Waals surface area contributed by atoms with Crippen molar-refractivity contribution in [2.75, 3.05) is 44.1 Å². The summed E-state index contributed by atoms with van der Waals surface area (Å²) in [5.74, 6) is 1.56. The van der Waals surface area contributed by atoms with Gasteiger partial charge in [0.25, 0.3) is 0 Å². The second-order valence-corrected chi connectivity index (χ2v) is 5.93. The van der Waals surface area contributed by atoms with Crippen LogP contribution in [-0.2, 0) is 6.42 Å². The van der Waals surface area contributed by atoms with Crippen LogP contribution in [0.5, 0.6) is 0 Å². The summed E-state index contributed by atoms with van der Waals surface area (Å²) in [5.41, 5.74) is 1.94. The summed E-state index contributed by atoms with van der Waals surface area (Å²) in [6.45, 7) is 4.04. The van der Waals surface area contributed by atoms with Gasteiger partial charge < -0.3 is 9.91 Å². The van der Waals surface area contributed by atoms with E-state index in [9.17, 15) is 0 Å². The minimum atomic E-state index is 0.564. The van der Waals surface area contributed by atoms with Gasteiger partial charge in [0, 0.05) is 38.5 Å². The Hall–Kier alpha value is -0.970. The van der Waals surface area contributed by atoms with Crippen LogP contribution in [0.1, 0.15) is 5.82 Å². The molecule has 1 saturated heterocycles. The van der Waals surface area contributed by atoms with Gasteiger partial charge in [0.05, 0.1) is 10.5 Å². The lowest BCUT2D eigenvalue weighted by atomic mass is 10.3. The van der Waals surface area contributed by atoms with E-state index in [-0.39, 0.29) is 0 Å². The Balaban J connectivity index is 2.08. The zero-order valence-electron chi connectivity index (χ0n) is 11.5. The van der Waals surface area contributed by atoms with Gasteiger partial charge in [-0.3, -0.25) is 0 Å². The zero-order valence-corrected chi connectivity index (χ0v) is 13.0. The summed E-state index contributed by atoms with van der Waals surface area (Å²) >= 11 is 12.3. The van der Waals surface area contributed by atoms with Gasteiger partial charge in [-0.15, -0.1) is 11.6 Å². The minimum absolute atomic E-state index is 0.564. The van der Waals surface area contributed by atoms with Crippen molar-refractivity contribution in [3.8, 4) is 0 Å². The van der Waals surface area contributed by atoms with E-state index in [2.05, 4.69) is 21.6 Å². The third kappa shape index (κ3) is 2.48. The van der Waals surface area contributed by atoms with E-state index in [1.807, 2.05) is 18.2 Å². The molecule has 0 aliphatic carbocycles. The first kappa shape index (κ1) is 14.0. The fourth-order valence-electron chi connectivity index (χ4n) is 2.67. The maximum atomic E-state index is 6.39. The molecule has 20 heavy (non-hydrogen) atoms. The minimum Gasteiger partial charge on any atom is -0.308 e.